The van der Waals surface area contributed by atoms with E-state index in [9.17, 15) is 37.5 Å². The zero-order chi connectivity index (χ0) is 34.7. The van der Waals surface area contributed by atoms with Gasteiger partial charge in [-0.25, -0.2) is 4.79 Å². The lowest BCUT2D eigenvalue weighted by molar-refractivity contribution is -0.150. The minimum Gasteiger partial charge on any atom is -0.480 e. The summed E-state index contributed by atoms with van der Waals surface area (Å²) < 4.78 is 45.4. The summed E-state index contributed by atoms with van der Waals surface area (Å²) in [5.41, 5.74) is 4.42. The van der Waals surface area contributed by atoms with Crippen LogP contribution in [0.2, 0.25) is 0 Å². The van der Waals surface area contributed by atoms with Gasteiger partial charge in [0.25, 0.3) is 0 Å². The fraction of sp³-hybridized carbons (Fsp3) is 0.333. The summed E-state index contributed by atoms with van der Waals surface area (Å²) in [5, 5.41) is 9.32. The third-order valence-electron chi connectivity index (χ3n) is 8.93. The number of ether oxygens (including phenoxy) is 1. The van der Waals surface area contributed by atoms with Crippen LogP contribution in [-0.4, -0.2) is 89.6 Å². The average Bonchev–Trinajstić information content (AvgIpc) is 3.29. The SMILES string of the molecule is CC1=CCN(C(Cc2ccc(C(F)(F)F)cc2)C(=O)N(C)CC(=O)O)C(=O)[C@@H](N(C)C(=O)OCC2c3ccccc3-c3ccccc32)C1. The van der Waals surface area contributed by atoms with Gasteiger partial charge in [0.05, 0.1) is 5.56 Å². The van der Waals surface area contributed by atoms with Gasteiger partial charge in [-0.3, -0.25) is 19.3 Å². The van der Waals surface area contributed by atoms with Crippen molar-refractivity contribution < 1.29 is 42.2 Å². The highest BCUT2D eigenvalue weighted by Gasteiger charge is 2.40. The maximum absolute atomic E-state index is 14.2. The Labute approximate surface area is 276 Å². The Bertz CT molecular complexity index is 1690. The highest BCUT2D eigenvalue weighted by molar-refractivity contribution is 5.93. The van der Waals surface area contributed by atoms with Crippen LogP contribution in [0.1, 0.15) is 41.5 Å². The molecule has 0 radical (unpaired) electrons. The molecule has 5 rings (SSSR count). The standard InChI is InChI=1S/C36H36F3N3O6/c1-22-16-17-42(31(33(45)40(2)20-32(43)44)19-23-12-14-24(15-13-23)36(37,38)39)34(46)30(18-22)41(3)35(47)48-21-29-27-10-6-4-8-25(27)26-9-5-7-11-28(26)29/h4-16,29-31H,17-21H2,1-3H3,(H,43,44)/t30-,31?/m0/s1. The van der Waals surface area contributed by atoms with Crippen LogP contribution in [0.3, 0.4) is 0 Å². The second-order valence-corrected chi connectivity index (χ2v) is 12.2. The Morgan fingerprint density at radius 3 is 2.10 bits per heavy atom. The molecule has 252 valence electrons. The van der Waals surface area contributed by atoms with Crippen LogP contribution in [0, 0.1) is 0 Å². The lowest BCUT2D eigenvalue weighted by Crippen LogP contribution is -2.56. The first-order chi connectivity index (χ1) is 22.8. The van der Waals surface area contributed by atoms with Crippen LogP contribution >= 0.6 is 0 Å². The molecular formula is C36H36F3N3O6. The Kier molecular flexibility index (Phi) is 9.92. The molecule has 3 aromatic carbocycles. The Morgan fingerprint density at radius 1 is 0.958 bits per heavy atom. The predicted octanol–water partition coefficient (Wildman–Crippen LogP) is 5.59. The molecule has 2 atom stereocenters. The van der Waals surface area contributed by atoms with E-state index < -0.39 is 54.2 Å². The van der Waals surface area contributed by atoms with Crippen molar-refractivity contribution in [3.8, 4) is 11.1 Å². The molecule has 3 amide bonds. The molecule has 12 heteroatoms. The van der Waals surface area contributed by atoms with E-state index in [1.54, 1.807) is 13.0 Å². The van der Waals surface area contributed by atoms with Crippen molar-refractivity contribution in [2.24, 2.45) is 0 Å². The number of nitrogens with zero attached hydrogens (tertiary/aromatic N) is 3. The monoisotopic (exact) mass is 663 g/mol. The van der Waals surface area contributed by atoms with Crippen LogP contribution < -0.4 is 0 Å². The van der Waals surface area contributed by atoms with Gasteiger partial charge in [0, 0.05) is 33.0 Å². The number of carboxylic acids is 1. The molecule has 1 aliphatic carbocycles. The molecule has 1 aliphatic heterocycles. The lowest BCUT2D eigenvalue weighted by Gasteiger charge is -2.36. The largest absolute Gasteiger partial charge is 0.480 e. The minimum absolute atomic E-state index is 0.0301. The van der Waals surface area contributed by atoms with Gasteiger partial charge in [0.15, 0.2) is 0 Å². The summed E-state index contributed by atoms with van der Waals surface area (Å²) in [4.78, 5) is 56.2. The van der Waals surface area contributed by atoms with Crippen molar-refractivity contribution in [2.45, 2.75) is 43.9 Å². The fourth-order valence-electron chi connectivity index (χ4n) is 6.34. The molecule has 0 spiro atoms. The molecule has 1 unspecified atom stereocenters. The first kappa shape index (κ1) is 34.2. The van der Waals surface area contributed by atoms with Gasteiger partial charge in [0.1, 0.15) is 25.2 Å². The molecule has 0 saturated heterocycles. The van der Waals surface area contributed by atoms with Crippen molar-refractivity contribution in [3.63, 3.8) is 0 Å². The molecule has 48 heavy (non-hydrogen) atoms. The average molecular weight is 664 g/mol. The number of fused-ring (bicyclic) bond motifs is 3. The van der Waals surface area contributed by atoms with Crippen molar-refractivity contribution in [3.05, 3.63) is 107 Å². The van der Waals surface area contributed by atoms with Crippen molar-refractivity contribution in [2.75, 3.05) is 33.8 Å². The van der Waals surface area contributed by atoms with E-state index in [2.05, 4.69) is 0 Å². The summed E-state index contributed by atoms with van der Waals surface area (Å²) in [5.74, 6) is -2.76. The van der Waals surface area contributed by atoms with E-state index >= 15 is 0 Å². The first-order valence-electron chi connectivity index (χ1n) is 15.4. The van der Waals surface area contributed by atoms with Gasteiger partial charge >= 0.3 is 18.2 Å². The number of aliphatic carboxylic acids is 1. The van der Waals surface area contributed by atoms with Crippen molar-refractivity contribution >= 4 is 23.9 Å². The predicted molar refractivity (Wildman–Crippen MR) is 171 cm³/mol. The second-order valence-electron chi connectivity index (χ2n) is 12.2. The van der Waals surface area contributed by atoms with Gasteiger partial charge in [-0.1, -0.05) is 72.3 Å². The van der Waals surface area contributed by atoms with E-state index in [-0.39, 0.29) is 31.9 Å². The molecule has 1 heterocycles. The first-order valence-corrected chi connectivity index (χ1v) is 15.4. The van der Waals surface area contributed by atoms with Crippen LogP contribution in [0.5, 0.6) is 0 Å². The van der Waals surface area contributed by atoms with Crippen molar-refractivity contribution in [1.29, 1.82) is 0 Å². The molecule has 0 aromatic heterocycles. The summed E-state index contributed by atoms with van der Waals surface area (Å²) in [6.45, 7) is 1.14. The smallest absolute Gasteiger partial charge is 0.416 e. The zero-order valence-corrected chi connectivity index (χ0v) is 26.7. The minimum atomic E-state index is -4.56. The maximum Gasteiger partial charge on any atom is 0.416 e. The summed E-state index contributed by atoms with van der Waals surface area (Å²) >= 11 is 0. The topological polar surface area (TPSA) is 107 Å². The zero-order valence-electron chi connectivity index (χ0n) is 26.7. The molecule has 0 bridgehead atoms. The number of carbonyl (C=O) groups excluding carboxylic acids is 3. The number of hydrogen-bond donors (Lipinski definition) is 1. The van der Waals surface area contributed by atoms with E-state index in [1.807, 2.05) is 48.5 Å². The highest BCUT2D eigenvalue weighted by Crippen LogP contribution is 2.44. The van der Waals surface area contributed by atoms with Gasteiger partial charge in [-0.05, 0) is 53.3 Å². The number of amides is 3. The second kappa shape index (κ2) is 13.9. The number of carbonyl (C=O) groups is 4. The van der Waals surface area contributed by atoms with Gasteiger partial charge in [-0.15, -0.1) is 0 Å². The van der Waals surface area contributed by atoms with E-state index in [4.69, 9.17) is 4.74 Å². The number of rotatable bonds is 9. The summed E-state index contributed by atoms with van der Waals surface area (Å²) in [6.07, 6.45) is -3.58. The quantitative estimate of drug-likeness (QED) is 0.300. The number of carboxylic acid groups (broad SMARTS) is 1. The number of hydrogen-bond acceptors (Lipinski definition) is 5. The molecule has 2 aliphatic rings. The number of benzene rings is 3. The van der Waals surface area contributed by atoms with Crippen LogP contribution in [0.15, 0.2) is 84.4 Å². The molecule has 9 nitrogen and oxygen atoms in total. The van der Waals surface area contributed by atoms with Gasteiger partial charge in [0.2, 0.25) is 11.8 Å². The molecule has 3 aromatic rings. The highest BCUT2D eigenvalue weighted by atomic mass is 19.4. The fourth-order valence-corrected chi connectivity index (χ4v) is 6.34. The molecule has 1 N–H and O–H groups in total. The van der Waals surface area contributed by atoms with Gasteiger partial charge in [-0.2, -0.15) is 13.2 Å². The lowest BCUT2D eigenvalue weighted by atomic mass is 9.98. The van der Waals surface area contributed by atoms with Crippen LogP contribution in [-0.2, 0) is 31.7 Å². The Hall–Kier alpha value is -5.13. The molecular weight excluding hydrogens is 627 g/mol. The van der Waals surface area contributed by atoms with E-state index in [1.165, 1.54) is 36.0 Å². The number of alkyl halides is 3. The Morgan fingerprint density at radius 2 is 1.54 bits per heavy atom. The third-order valence-corrected chi connectivity index (χ3v) is 8.93. The van der Waals surface area contributed by atoms with E-state index in [0.717, 1.165) is 44.9 Å². The molecule has 0 saturated carbocycles. The number of likely N-dealkylation sites (N-methyl/N-ethyl adjacent to an activating group) is 2. The Balaban J connectivity index is 1.38. The maximum atomic E-state index is 14.2. The number of halogens is 3. The summed E-state index contributed by atoms with van der Waals surface area (Å²) in [6, 6.07) is 17.7. The van der Waals surface area contributed by atoms with Gasteiger partial charge < -0.3 is 19.6 Å². The third kappa shape index (κ3) is 7.22. The molecule has 0 fully saturated rings. The van der Waals surface area contributed by atoms with Crippen LogP contribution in [0.4, 0.5) is 18.0 Å². The summed E-state index contributed by atoms with van der Waals surface area (Å²) in [7, 11) is 2.72. The van der Waals surface area contributed by atoms with E-state index in [0.29, 0.717) is 5.56 Å². The van der Waals surface area contributed by atoms with Crippen molar-refractivity contribution in [1.82, 2.24) is 14.7 Å². The van der Waals surface area contributed by atoms with Crippen LogP contribution in [0.25, 0.3) is 11.1 Å². The normalized spacial score (nSPS) is 16.7.